The molecule has 0 radical (unpaired) electrons. The Labute approximate surface area is 212 Å². The van der Waals surface area contributed by atoms with Crippen LogP contribution < -0.4 is 4.90 Å². The minimum absolute atomic E-state index is 0.115. The van der Waals surface area contributed by atoms with Gasteiger partial charge in [-0.1, -0.05) is 18.2 Å². The third-order valence-corrected chi connectivity index (χ3v) is 7.42. The number of aromatic nitrogens is 1. The maximum absolute atomic E-state index is 13.5. The third kappa shape index (κ3) is 6.27. The molecule has 0 atom stereocenters. The van der Waals surface area contributed by atoms with Crippen molar-refractivity contribution in [2.75, 3.05) is 18.1 Å². The number of thiazole rings is 1. The smallest absolute Gasteiger partial charge is 0.307 e. The van der Waals surface area contributed by atoms with E-state index < -0.39 is 0 Å². The fourth-order valence-electron chi connectivity index (χ4n) is 3.49. The summed E-state index contributed by atoms with van der Waals surface area (Å²) in [7, 11) is 0. The summed E-state index contributed by atoms with van der Waals surface area (Å²) in [6, 6.07) is 24.4. The number of anilines is 1. The van der Waals surface area contributed by atoms with E-state index in [4.69, 9.17) is 15.0 Å². The van der Waals surface area contributed by atoms with Crippen molar-refractivity contribution < 1.29 is 14.3 Å². The quantitative estimate of drug-likeness (QED) is 0.205. The Balaban J connectivity index is 1.51. The van der Waals surface area contributed by atoms with Crippen molar-refractivity contribution in [3.8, 4) is 6.07 Å². The molecule has 0 fully saturated rings. The number of hydrogen-bond acceptors (Lipinski definition) is 7. The molecule has 0 saturated heterocycles. The van der Waals surface area contributed by atoms with E-state index in [1.165, 1.54) is 0 Å². The second-order valence-electron chi connectivity index (χ2n) is 7.56. The number of para-hydroxylation sites is 1. The topological polar surface area (TPSA) is 83.3 Å². The number of nitrogens with zero attached hydrogens (tertiary/aromatic N) is 3. The number of ether oxygens (including phenoxy) is 1. The number of fused-ring (bicyclic) bond motifs is 1. The molecule has 176 valence electrons. The van der Waals surface area contributed by atoms with Gasteiger partial charge in [-0.2, -0.15) is 5.26 Å². The van der Waals surface area contributed by atoms with Crippen LogP contribution in [0.1, 0.15) is 34.3 Å². The van der Waals surface area contributed by atoms with E-state index in [1.54, 1.807) is 53.1 Å². The van der Waals surface area contributed by atoms with Gasteiger partial charge in [0, 0.05) is 22.7 Å². The lowest BCUT2D eigenvalue weighted by atomic mass is 10.1. The molecule has 4 rings (SSSR count). The van der Waals surface area contributed by atoms with Gasteiger partial charge >= 0.3 is 5.97 Å². The van der Waals surface area contributed by atoms with E-state index in [-0.39, 0.29) is 24.8 Å². The molecule has 4 aromatic rings. The van der Waals surface area contributed by atoms with Crippen LogP contribution in [0.2, 0.25) is 0 Å². The SMILES string of the molecule is CCOC(=O)CCN(C(=O)c1ccc2sc(CSc3ccc(C#N)cc3)nc2c1)c1ccccc1. The van der Waals surface area contributed by atoms with E-state index in [0.717, 1.165) is 25.8 Å². The number of thioether (sulfide) groups is 1. The first-order valence-electron chi connectivity index (χ1n) is 11.1. The van der Waals surface area contributed by atoms with Crippen molar-refractivity contribution in [3.63, 3.8) is 0 Å². The van der Waals surface area contributed by atoms with Gasteiger partial charge in [-0.15, -0.1) is 23.1 Å². The number of amides is 1. The highest BCUT2D eigenvalue weighted by Crippen LogP contribution is 2.30. The molecular formula is C27H23N3O3S2. The summed E-state index contributed by atoms with van der Waals surface area (Å²) in [5.41, 5.74) is 2.65. The fourth-order valence-corrected chi connectivity index (χ4v) is 5.33. The number of benzene rings is 3. The molecule has 0 aliphatic carbocycles. The van der Waals surface area contributed by atoms with Crippen LogP contribution in [0.15, 0.2) is 77.7 Å². The van der Waals surface area contributed by atoms with Crippen LogP contribution in [-0.4, -0.2) is 30.0 Å². The van der Waals surface area contributed by atoms with Crippen molar-refractivity contribution in [1.82, 2.24) is 4.98 Å². The first-order valence-corrected chi connectivity index (χ1v) is 12.9. The number of hydrogen-bond donors (Lipinski definition) is 0. The van der Waals surface area contributed by atoms with E-state index in [0.29, 0.717) is 23.5 Å². The maximum atomic E-state index is 13.5. The average Bonchev–Trinajstić information content (AvgIpc) is 3.31. The predicted molar refractivity (Wildman–Crippen MR) is 140 cm³/mol. The monoisotopic (exact) mass is 501 g/mol. The van der Waals surface area contributed by atoms with Gasteiger partial charge < -0.3 is 9.64 Å². The van der Waals surface area contributed by atoms with E-state index in [1.807, 2.05) is 54.6 Å². The van der Waals surface area contributed by atoms with Gasteiger partial charge in [0.15, 0.2) is 0 Å². The number of rotatable bonds is 9. The van der Waals surface area contributed by atoms with E-state index in [2.05, 4.69) is 6.07 Å². The lowest BCUT2D eigenvalue weighted by Gasteiger charge is -2.22. The molecule has 1 heterocycles. The van der Waals surface area contributed by atoms with E-state index >= 15 is 0 Å². The molecule has 1 aromatic heterocycles. The zero-order valence-electron chi connectivity index (χ0n) is 19.1. The van der Waals surface area contributed by atoms with Crippen molar-refractivity contribution in [2.24, 2.45) is 0 Å². The Morgan fingerprint density at radius 2 is 1.86 bits per heavy atom. The molecule has 3 aromatic carbocycles. The minimum Gasteiger partial charge on any atom is -0.466 e. The van der Waals surface area contributed by atoms with Crippen LogP contribution in [0.4, 0.5) is 5.69 Å². The van der Waals surface area contributed by atoms with Gasteiger partial charge in [0.2, 0.25) is 0 Å². The highest BCUT2D eigenvalue weighted by atomic mass is 32.2. The van der Waals surface area contributed by atoms with Gasteiger partial charge in [-0.3, -0.25) is 9.59 Å². The zero-order chi connectivity index (χ0) is 24.6. The second-order valence-corrected chi connectivity index (χ2v) is 9.73. The number of nitriles is 1. The summed E-state index contributed by atoms with van der Waals surface area (Å²) in [4.78, 5) is 32.8. The molecule has 0 aliphatic heterocycles. The Morgan fingerprint density at radius 3 is 2.57 bits per heavy atom. The molecule has 0 bridgehead atoms. The first kappa shape index (κ1) is 24.5. The van der Waals surface area contributed by atoms with Gasteiger partial charge in [0.05, 0.1) is 40.6 Å². The average molecular weight is 502 g/mol. The summed E-state index contributed by atoms with van der Waals surface area (Å²) >= 11 is 3.25. The number of carbonyl (C=O) groups is 2. The van der Waals surface area contributed by atoms with Gasteiger partial charge in [0.25, 0.3) is 5.91 Å². The van der Waals surface area contributed by atoms with Crippen LogP contribution in [0, 0.1) is 11.3 Å². The van der Waals surface area contributed by atoms with Crippen molar-refractivity contribution in [3.05, 3.63) is 88.9 Å². The largest absolute Gasteiger partial charge is 0.466 e. The Hall–Kier alpha value is -3.67. The van der Waals surface area contributed by atoms with Crippen molar-refractivity contribution >= 4 is 50.9 Å². The maximum Gasteiger partial charge on any atom is 0.307 e. The van der Waals surface area contributed by atoms with Gasteiger partial charge in [0.1, 0.15) is 5.01 Å². The molecule has 0 saturated carbocycles. The van der Waals surface area contributed by atoms with Crippen molar-refractivity contribution in [2.45, 2.75) is 24.0 Å². The summed E-state index contributed by atoms with van der Waals surface area (Å²) in [5.74, 6) is 0.175. The molecule has 35 heavy (non-hydrogen) atoms. The Kier molecular flexibility index (Phi) is 8.14. The Bertz CT molecular complexity index is 1360. The normalized spacial score (nSPS) is 10.6. The lowest BCUT2D eigenvalue weighted by Crippen LogP contribution is -2.33. The summed E-state index contributed by atoms with van der Waals surface area (Å²) in [6.07, 6.45) is 0.115. The van der Waals surface area contributed by atoms with E-state index in [9.17, 15) is 9.59 Å². The molecular weight excluding hydrogens is 478 g/mol. The molecule has 8 heteroatoms. The predicted octanol–water partition coefficient (Wildman–Crippen LogP) is 6.06. The van der Waals surface area contributed by atoms with Crippen LogP contribution in [0.25, 0.3) is 10.2 Å². The second kappa shape index (κ2) is 11.6. The molecule has 6 nitrogen and oxygen atoms in total. The summed E-state index contributed by atoms with van der Waals surface area (Å²) in [5, 5.41) is 9.90. The fraction of sp³-hybridized carbons (Fsp3) is 0.185. The van der Waals surface area contributed by atoms with Gasteiger partial charge in [-0.25, -0.2) is 4.98 Å². The molecule has 0 spiro atoms. The van der Waals surface area contributed by atoms with Crippen LogP contribution in [-0.2, 0) is 15.3 Å². The number of carbonyl (C=O) groups excluding carboxylic acids is 2. The highest BCUT2D eigenvalue weighted by Gasteiger charge is 2.20. The molecule has 0 aliphatic rings. The number of esters is 1. The van der Waals surface area contributed by atoms with Crippen LogP contribution in [0.5, 0.6) is 0 Å². The standard InChI is InChI=1S/C27H23N3O3S2/c1-2-33-26(31)14-15-30(21-6-4-3-5-7-21)27(32)20-10-13-24-23(16-20)29-25(35-24)18-34-22-11-8-19(17-28)9-12-22/h3-13,16H,2,14-15,18H2,1H3. The zero-order valence-corrected chi connectivity index (χ0v) is 20.8. The highest BCUT2D eigenvalue weighted by molar-refractivity contribution is 7.98. The van der Waals surface area contributed by atoms with Crippen LogP contribution >= 0.6 is 23.1 Å². The van der Waals surface area contributed by atoms with Crippen LogP contribution in [0.3, 0.4) is 0 Å². The van der Waals surface area contributed by atoms with Gasteiger partial charge in [-0.05, 0) is 61.5 Å². The lowest BCUT2D eigenvalue weighted by molar-refractivity contribution is -0.142. The molecule has 0 unspecified atom stereocenters. The molecule has 1 amide bonds. The Morgan fingerprint density at radius 1 is 1.09 bits per heavy atom. The minimum atomic E-state index is -0.333. The molecule has 0 N–H and O–H groups in total. The summed E-state index contributed by atoms with van der Waals surface area (Å²) < 4.78 is 6.05. The third-order valence-electron chi connectivity index (χ3n) is 5.18. The first-order chi connectivity index (χ1) is 17.1. The summed E-state index contributed by atoms with van der Waals surface area (Å²) in [6.45, 7) is 2.30. The van der Waals surface area contributed by atoms with Crippen molar-refractivity contribution in [1.29, 1.82) is 5.26 Å².